The predicted octanol–water partition coefficient (Wildman–Crippen LogP) is 7.81. The first-order valence-electron chi connectivity index (χ1n) is 13.9. The van der Waals surface area contributed by atoms with E-state index in [-0.39, 0.29) is 17.6 Å². The minimum absolute atomic E-state index is 0.0619. The maximum atomic E-state index is 13.9. The fourth-order valence-corrected chi connectivity index (χ4v) is 6.84. The average molecular weight is 542 g/mol. The van der Waals surface area contributed by atoms with E-state index in [2.05, 4.69) is 4.90 Å². The molecular weight excluding hydrogens is 506 g/mol. The number of hydrogen-bond acceptors (Lipinski definition) is 6. The summed E-state index contributed by atoms with van der Waals surface area (Å²) in [5.41, 5.74) is 3.73. The van der Waals surface area contributed by atoms with E-state index in [0.717, 1.165) is 58.0 Å². The molecule has 3 aromatic carbocycles. The molecule has 4 aromatic rings. The number of carbonyl (C=O) groups excluding carboxylic acids is 1. The first-order valence-corrected chi connectivity index (χ1v) is 14.7. The minimum atomic E-state index is -0.0619. The summed E-state index contributed by atoms with van der Waals surface area (Å²) in [5.74, 6) is 3.06. The van der Waals surface area contributed by atoms with Crippen LogP contribution >= 0.6 is 11.3 Å². The van der Waals surface area contributed by atoms with Crippen molar-refractivity contribution >= 4 is 27.2 Å². The molecule has 6 rings (SSSR count). The Morgan fingerprint density at radius 1 is 0.974 bits per heavy atom. The second-order valence-electron chi connectivity index (χ2n) is 11.2. The van der Waals surface area contributed by atoms with E-state index < -0.39 is 0 Å². The molecule has 39 heavy (non-hydrogen) atoms. The largest absolute Gasteiger partial charge is 0.508 e. The summed E-state index contributed by atoms with van der Waals surface area (Å²) in [6.07, 6.45) is 5.41. The van der Waals surface area contributed by atoms with Crippen LogP contribution in [0.3, 0.4) is 0 Å². The van der Waals surface area contributed by atoms with Crippen molar-refractivity contribution in [2.75, 3.05) is 19.6 Å². The number of rotatable bonds is 9. The molecule has 2 aliphatic rings. The van der Waals surface area contributed by atoms with E-state index in [0.29, 0.717) is 21.9 Å². The number of likely N-dealkylation sites (tertiary alicyclic amines) is 1. The van der Waals surface area contributed by atoms with Crippen molar-refractivity contribution in [2.24, 2.45) is 5.92 Å². The molecule has 202 valence electrons. The number of nitrogens with zero attached hydrogens (tertiary/aromatic N) is 1. The lowest BCUT2D eigenvalue weighted by atomic mass is 9.95. The van der Waals surface area contributed by atoms with Gasteiger partial charge >= 0.3 is 0 Å². The zero-order valence-electron chi connectivity index (χ0n) is 22.8. The van der Waals surface area contributed by atoms with Gasteiger partial charge in [0.05, 0.1) is 0 Å². The van der Waals surface area contributed by atoms with Gasteiger partial charge in [-0.3, -0.25) is 9.69 Å². The van der Waals surface area contributed by atoms with Crippen LogP contribution in [0.2, 0.25) is 0 Å². The number of aromatic hydroxyl groups is 1. The number of phenolic OH excluding ortho intramolecular Hbond substituents is 1. The van der Waals surface area contributed by atoms with Gasteiger partial charge in [0.25, 0.3) is 0 Å². The Morgan fingerprint density at radius 2 is 1.69 bits per heavy atom. The van der Waals surface area contributed by atoms with Crippen LogP contribution in [0.5, 0.6) is 23.0 Å². The molecule has 0 radical (unpaired) electrons. The van der Waals surface area contributed by atoms with Gasteiger partial charge in [0.1, 0.15) is 28.2 Å². The summed E-state index contributed by atoms with van der Waals surface area (Å²) >= 11 is 1.35. The van der Waals surface area contributed by atoms with Gasteiger partial charge in [0.15, 0.2) is 5.75 Å². The van der Waals surface area contributed by atoms with E-state index in [9.17, 15) is 9.90 Å². The summed E-state index contributed by atoms with van der Waals surface area (Å²) in [6, 6.07) is 16.9. The molecular formula is C33H35NO4S. The molecule has 2 heterocycles. The lowest BCUT2D eigenvalue weighted by molar-refractivity contribution is 0.103. The lowest BCUT2D eigenvalue weighted by Crippen LogP contribution is -2.26. The quantitative estimate of drug-likeness (QED) is 0.219. The van der Waals surface area contributed by atoms with Gasteiger partial charge in [-0.25, -0.2) is 0 Å². The Morgan fingerprint density at radius 3 is 2.41 bits per heavy atom. The highest BCUT2D eigenvalue weighted by molar-refractivity contribution is 7.21. The monoisotopic (exact) mass is 541 g/mol. The number of ether oxygens (including phenoxy) is 2. The normalized spacial score (nSPS) is 17.6. The van der Waals surface area contributed by atoms with Gasteiger partial charge in [-0.05, 0) is 99.7 Å². The topological polar surface area (TPSA) is 59.0 Å². The Labute approximate surface area is 234 Å². The number of phenols is 1. The van der Waals surface area contributed by atoms with Crippen LogP contribution in [0.25, 0.3) is 10.1 Å². The number of hydrogen-bond donors (Lipinski definition) is 1. The lowest BCUT2D eigenvalue weighted by Gasteiger charge is -2.17. The number of carbonyl (C=O) groups is 1. The second kappa shape index (κ2) is 10.7. The van der Waals surface area contributed by atoms with Gasteiger partial charge in [-0.15, -0.1) is 11.3 Å². The molecule has 1 N–H and O–H groups in total. The Kier molecular flexibility index (Phi) is 7.08. The number of benzene rings is 3. The van der Waals surface area contributed by atoms with Crippen molar-refractivity contribution < 1.29 is 19.4 Å². The Balaban J connectivity index is 1.22. The molecule has 1 atom stereocenters. The molecule has 1 aliphatic carbocycles. The molecule has 1 saturated carbocycles. The maximum Gasteiger partial charge on any atom is 0.207 e. The van der Waals surface area contributed by atoms with Crippen LogP contribution in [0.4, 0.5) is 0 Å². The molecule has 1 aromatic heterocycles. The number of thiophene rings is 1. The fourth-order valence-electron chi connectivity index (χ4n) is 5.73. The predicted molar refractivity (Wildman–Crippen MR) is 157 cm³/mol. The molecule has 2 fully saturated rings. The van der Waals surface area contributed by atoms with Crippen molar-refractivity contribution in [2.45, 2.75) is 52.6 Å². The third kappa shape index (κ3) is 5.68. The van der Waals surface area contributed by atoms with Crippen molar-refractivity contribution in [3.63, 3.8) is 0 Å². The van der Waals surface area contributed by atoms with Crippen LogP contribution in [-0.4, -0.2) is 41.5 Å². The molecule has 5 nitrogen and oxygen atoms in total. The van der Waals surface area contributed by atoms with Crippen LogP contribution in [0.1, 0.15) is 57.6 Å². The number of aryl methyl sites for hydroxylation is 3. The van der Waals surface area contributed by atoms with E-state index in [1.165, 1.54) is 37.1 Å². The molecule has 1 saturated heterocycles. The zero-order chi connectivity index (χ0) is 27.1. The SMILES string of the molecule is Cc1cc(C)c(C(=O)c2sc3cc(O)ccc3c2Oc2ccc(O[C@@H]3CCN(CCC4CC4)C3)cc2)c(C)c1. The van der Waals surface area contributed by atoms with Crippen molar-refractivity contribution in [3.8, 4) is 23.0 Å². The smallest absolute Gasteiger partial charge is 0.207 e. The minimum Gasteiger partial charge on any atom is -0.508 e. The van der Waals surface area contributed by atoms with Gasteiger partial charge in [-0.1, -0.05) is 30.5 Å². The molecule has 0 amide bonds. The van der Waals surface area contributed by atoms with Gasteiger partial charge < -0.3 is 14.6 Å². The van der Waals surface area contributed by atoms with E-state index in [1.54, 1.807) is 12.1 Å². The summed E-state index contributed by atoms with van der Waals surface area (Å²) in [4.78, 5) is 16.9. The average Bonchev–Trinajstić information content (AvgIpc) is 3.52. The first-order chi connectivity index (χ1) is 18.8. The second-order valence-corrected chi connectivity index (χ2v) is 12.2. The fraction of sp³-hybridized carbons (Fsp3) is 0.364. The van der Waals surface area contributed by atoms with E-state index >= 15 is 0 Å². The van der Waals surface area contributed by atoms with Gasteiger partial charge in [0.2, 0.25) is 5.78 Å². The third-order valence-corrected chi connectivity index (χ3v) is 9.00. The van der Waals surface area contributed by atoms with Crippen LogP contribution < -0.4 is 9.47 Å². The highest BCUT2D eigenvalue weighted by atomic mass is 32.1. The molecule has 0 unspecified atom stereocenters. The number of ketones is 1. The molecule has 6 heteroatoms. The maximum absolute atomic E-state index is 13.9. The van der Waals surface area contributed by atoms with Crippen LogP contribution in [0.15, 0.2) is 54.6 Å². The van der Waals surface area contributed by atoms with Gasteiger partial charge in [0, 0.05) is 28.7 Å². The van der Waals surface area contributed by atoms with Crippen LogP contribution in [-0.2, 0) is 0 Å². The molecule has 0 bridgehead atoms. The standard InChI is InChI=1S/C33H35NO4S/c1-20-16-21(2)30(22(3)17-20)31(36)33-32(28-11-6-24(35)18-29(28)39-33)38-26-9-7-25(8-10-26)37-27-13-15-34(19-27)14-12-23-4-5-23/h6-11,16-18,23,27,35H,4-5,12-15,19H2,1-3H3/t27-/m1/s1. The third-order valence-electron chi connectivity index (χ3n) is 7.86. The highest BCUT2D eigenvalue weighted by Crippen LogP contribution is 2.43. The summed E-state index contributed by atoms with van der Waals surface area (Å²) in [7, 11) is 0. The first kappa shape index (κ1) is 25.9. The van der Waals surface area contributed by atoms with Crippen molar-refractivity contribution in [1.29, 1.82) is 0 Å². The molecule has 0 spiro atoms. The van der Waals surface area contributed by atoms with E-state index in [1.807, 2.05) is 63.2 Å². The summed E-state index contributed by atoms with van der Waals surface area (Å²) in [6.45, 7) is 9.27. The van der Waals surface area contributed by atoms with Crippen LogP contribution in [0, 0.1) is 26.7 Å². The Hall–Kier alpha value is -3.35. The molecule has 1 aliphatic heterocycles. The van der Waals surface area contributed by atoms with Crippen molar-refractivity contribution in [1.82, 2.24) is 4.90 Å². The number of fused-ring (bicyclic) bond motifs is 1. The Bertz CT molecular complexity index is 1500. The highest BCUT2D eigenvalue weighted by Gasteiger charge is 2.28. The van der Waals surface area contributed by atoms with Crippen molar-refractivity contribution in [3.05, 3.63) is 81.7 Å². The summed E-state index contributed by atoms with van der Waals surface area (Å²) < 4.78 is 13.5. The zero-order valence-corrected chi connectivity index (χ0v) is 23.6. The summed E-state index contributed by atoms with van der Waals surface area (Å²) in [5, 5.41) is 10.9. The van der Waals surface area contributed by atoms with E-state index in [4.69, 9.17) is 9.47 Å². The van der Waals surface area contributed by atoms with Gasteiger partial charge in [-0.2, -0.15) is 0 Å².